The number of nitrogens with zero attached hydrogens (tertiary/aromatic N) is 1. The lowest BCUT2D eigenvalue weighted by molar-refractivity contribution is 0.552. The maximum atomic E-state index is 4.41. The molecule has 0 saturated carbocycles. The molecule has 0 spiro atoms. The lowest BCUT2D eigenvalue weighted by atomic mass is 9.96. The van der Waals surface area contributed by atoms with Crippen LogP contribution in [0, 0.1) is 0 Å². The van der Waals surface area contributed by atoms with Crippen LogP contribution in [-0.4, -0.2) is 12.0 Å². The molecule has 1 unspecified atom stereocenters. The molecule has 0 amide bonds. The minimum absolute atomic E-state index is 0.356. The molecule has 2 rings (SSSR count). The van der Waals surface area contributed by atoms with Crippen molar-refractivity contribution in [2.75, 3.05) is 7.05 Å². The van der Waals surface area contributed by atoms with E-state index in [-0.39, 0.29) is 0 Å². The number of hydrogen-bond acceptors (Lipinski definition) is 2. The summed E-state index contributed by atoms with van der Waals surface area (Å²) < 4.78 is 0. The van der Waals surface area contributed by atoms with Crippen molar-refractivity contribution in [3.8, 4) is 0 Å². The summed E-state index contributed by atoms with van der Waals surface area (Å²) in [6.07, 6.45) is 3.95. The second-order valence-electron chi connectivity index (χ2n) is 4.75. The highest BCUT2D eigenvalue weighted by Crippen LogP contribution is 2.26. The van der Waals surface area contributed by atoms with E-state index in [4.69, 9.17) is 0 Å². The Morgan fingerprint density at radius 1 is 1.33 bits per heavy atom. The van der Waals surface area contributed by atoms with Crippen LogP contribution >= 0.6 is 0 Å². The van der Waals surface area contributed by atoms with Crippen LogP contribution in [-0.2, 0) is 0 Å². The van der Waals surface area contributed by atoms with Crippen molar-refractivity contribution in [3.05, 3.63) is 54.2 Å². The average Bonchev–Trinajstić information content (AvgIpc) is 2.39. The molecule has 1 N–H and O–H groups in total. The van der Waals surface area contributed by atoms with E-state index in [2.05, 4.69) is 48.1 Å². The van der Waals surface area contributed by atoms with Gasteiger partial charge in [0.15, 0.2) is 0 Å². The third-order valence-corrected chi connectivity index (χ3v) is 3.26. The summed E-state index contributed by atoms with van der Waals surface area (Å²) in [6.45, 7) is 6.06. The standard InChI is InChI=1S/C16H20N2/c1-12(2)9-10-15(17-3)13-6-4-8-16-14(13)7-5-11-18-16/h4-8,11,15,17H,1,9-10H2,2-3H3. The topological polar surface area (TPSA) is 24.9 Å². The minimum Gasteiger partial charge on any atom is -0.313 e. The lowest BCUT2D eigenvalue weighted by Crippen LogP contribution is -2.16. The number of benzene rings is 1. The zero-order chi connectivity index (χ0) is 13.0. The molecule has 2 heteroatoms. The second-order valence-corrected chi connectivity index (χ2v) is 4.75. The minimum atomic E-state index is 0.356. The summed E-state index contributed by atoms with van der Waals surface area (Å²) in [6, 6.07) is 10.8. The average molecular weight is 240 g/mol. The van der Waals surface area contributed by atoms with Crippen molar-refractivity contribution in [1.82, 2.24) is 10.3 Å². The maximum Gasteiger partial charge on any atom is 0.0705 e. The zero-order valence-electron chi connectivity index (χ0n) is 11.1. The molecule has 0 aliphatic rings. The van der Waals surface area contributed by atoms with Crippen molar-refractivity contribution in [2.24, 2.45) is 0 Å². The van der Waals surface area contributed by atoms with Gasteiger partial charge in [-0.15, -0.1) is 6.58 Å². The number of aromatic nitrogens is 1. The predicted octanol–water partition coefficient (Wildman–Crippen LogP) is 3.85. The molecule has 0 bridgehead atoms. The Balaban J connectivity index is 2.35. The van der Waals surface area contributed by atoms with Crippen molar-refractivity contribution >= 4 is 10.9 Å². The van der Waals surface area contributed by atoms with Crippen LogP contribution in [0.5, 0.6) is 0 Å². The first-order chi connectivity index (χ1) is 8.72. The number of hydrogen-bond donors (Lipinski definition) is 1. The smallest absolute Gasteiger partial charge is 0.0705 e. The van der Waals surface area contributed by atoms with Gasteiger partial charge in [-0.05, 0) is 44.5 Å². The molecule has 0 radical (unpaired) electrons. The molecule has 0 fully saturated rings. The van der Waals surface area contributed by atoms with Gasteiger partial charge < -0.3 is 5.32 Å². The highest BCUT2D eigenvalue weighted by atomic mass is 14.9. The Hall–Kier alpha value is -1.67. The van der Waals surface area contributed by atoms with E-state index in [1.807, 2.05) is 19.3 Å². The molecule has 18 heavy (non-hydrogen) atoms. The van der Waals surface area contributed by atoms with E-state index in [0.29, 0.717) is 6.04 Å². The first-order valence-electron chi connectivity index (χ1n) is 6.37. The largest absolute Gasteiger partial charge is 0.313 e. The molecule has 0 aliphatic heterocycles. The van der Waals surface area contributed by atoms with E-state index in [1.165, 1.54) is 16.5 Å². The summed E-state index contributed by atoms with van der Waals surface area (Å²) >= 11 is 0. The number of fused-ring (bicyclic) bond motifs is 1. The van der Waals surface area contributed by atoms with E-state index in [9.17, 15) is 0 Å². The fourth-order valence-electron chi connectivity index (χ4n) is 2.28. The normalized spacial score (nSPS) is 12.6. The van der Waals surface area contributed by atoms with Crippen LogP contribution in [0.25, 0.3) is 10.9 Å². The van der Waals surface area contributed by atoms with Gasteiger partial charge in [-0.2, -0.15) is 0 Å². The Kier molecular flexibility index (Phi) is 4.11. The third kappa shape index (κ3) is 2.77. The molecule has 94 valence electrons. The van der Waals surface area contributed by atoms with Crippen LogP contribution in [0.4, 0.5) is 0 Å². The Morgan fingerprint density at radius 2 is 2.17 bits per heavy atom. The third-order valence-electron chi connectivity index (χ3n) is 3.26. The fraction of sp³-hybridized carbons (Fsp3) is 0.312. The first kappa shape index (κ1) is 12.8. The molecule has 0 aliphatic carbocycles. The van der Waals surface area contributed by atoms with Crippen LogP contribution in [0.1, 0.15) is 31.4 Å². The van der Waals surface area contributed by atoms with Gasteiger partial charge in [0, 0.05) is 17.6 Å². The molecule has 0 saturated heterocycles. The molecule has 2 aromatic rings. The zero-order valence-corrected chi connectivity index (χ0v) is 11.1. The van der Waals surface area contributed by atoms with Crippen LogP contribution < -0.4 is 5.32 Å². The molecule has 1 aromatic heterocycles. The molecular weight excluding hydrogens is 220 g/mol. The maximum absolute atomic E-state index is 4.41. The lowest BCUT2D eigenvalue weighted by Gasteiger charge is -2.18. The van der Waals surface area contributed by atoms with Crippen LogP contribution in [0.3, 0.4) is 0 Å². The highest BCUT2D eigenvalue weighted by Gasteiger charge is 2.12. The van der Waals surface area contributed by atoms with E-state index in [1.54, 1.807) is 0 Å². The Labute approximate surface area is 109 Å². The summed E-state index contributed by atoms with van der Waals surface area (Å²) in [7, 11) is 2.01. The van der Waals surface area contributed by atoms with Crippen LogP contribution in [0.15, 0.2) is 48.7 Å². The van der Waals surface area contributed by atoms with E-state index < -0.39 is 0 Å². The SMILES string of the molecule is C=C(C)CCC(NC)c1cccc2ncccc12. The number of pyridine rings is 1. The van der Waals surface area contributed by atoms with Crippen LogP contribution in [0.2, 0.25) is 0 Å². The second kappa shape index (κ2) is 5.78. The number of allylic oxidation sites excluding steroid dienone is 1. The quantitative estimate of drug-likeness (QED) is 0.803. The van der Waals surface area contributed by atoms with E-state index in [0.717, 1.165) is 18.4 Å². The molecular formula is C16H20N2. The van der Waals surface area contributed by atoms with Crippen molar-refractivity contribution < 1.29 is 0 Å². The van der Waals surface area contributed by atoms with Gasteiger partial charge in [0.1, 0.15) is 0 Å². The number of rotatable bonds is 5. The highest BCUT2D eigenvalue weighted by molar-refractivity contribution is 5.82. The van der Waals surface area contributed by atoms with Gasteiger partial charge in [-0.3, -0.25) is 4.98 Å². The van der Waals surface area contributed by atoms with Gasteiger partial charge in [0.2, 0.25) is 0 Å². The Morgan fingerprint density at radius 3 is 2.89 bits per heavy atom. The Bertz CT molecular complexity index is 540. The van der Waals surface area contributed by atoms with Gasteiger partial charge in [-0.25, -0.2) is 0 Å². The van der Waals surface area contributed by atoms with Gasteiger partial charge >= 0.3 is 0 Å². The first-order valence-corrected chi connectivity index (χ1v) is 6.37. The molecule has 1 heterocycles. The summed E-state index contributed by atoms with van der Waals surface area (Å²) in [4.78, 5) is 4.41. The molecule has 1 atom stereocenters. The summed E-state index contributed by atoms with van der Waals surface area (Å²) in [5, 5.41) is 4.63. The monoisotopic (exact) mass is 240 g/mol. The summed E-state index contributed by atoms with van der Waals surface area (Å²) in [5.41, 5.74) is 3.61. The van der Waals surface area contributed by atoms with Crippen molar-refractivity contribution in [3.63, 3.8) is 0 Å². The molecule has 1 aromatic carbocycles. The predicted molar refractivity (Wildman–Crippen MR) is 77.6 cm³/mol. The summed E-state index contributed by atoms with van der Waals surface area (Å²) in [5.74, 6) is 0. The van der Waals surface area contributed by atoms with Crippen molar-refractivity contribution in [2.45, 2.75) is 25.8 Å². The van der Waals surface area contributed by atoms with E-state index >= 15 is 0 Å². The number of nitrogens with one attached hydrogen (secondary N) is 1. The molecule has 2 nitrogen and oxygen atoms in total. The fourth-order valence-corrected chi connectivity index (χ4v) is 2.28. The van der Waals surface area contributed by atoms with Gasteiger partial charge in [-0.1, -0.05) is 23.8 Å². The van der Waals surface area contributed by atoms with Gasteiger partial charge in [0.05, 0.1) is 5.52 Å². The van der Waals surface area contributed by atoms with Crippen molar-refractivity contribution in [1.29, 1.82) is 0 Å². The van der Waals surface area contributed by atoms with Gasteiger partial charge in [0.25, 0.3) is 0 Å².